The molecular formula is C32H42NO2P. The Hall–Kier alpha value is -2.35. The molecule has 4 heteroatoms. The molecule has 1 fully saturated rings. The lowest BCUT2D eigenvalue weighted by Gasteiger charge is -2.41. The minimum absolute atomic E-state index is 0.254. The van der Waals surface area contributed by atoms with Crippen molar-refractivity contribution >= 4 is 17.8 Å². The summed E-state index contributed by atoms with van der Waals surface area (Å²) in [5.41, 5.74) is 2.37. The van der Waals surface area contributed by atoms with Gasteiger partial charge in [0.2, 0.25) is 0 Å². The van der Waals surface area contributed by atoms with Gasteiger partial charge in [0.05, 0.1) is 5.78 Å². The van der Waals surface area contributed by atoms with Crippen molar-refractivity contribution in [2.45, 2.75) is 77.4 Å². The molecule has 1 atom stereocenters. The summed E-state index contributed by atoms with van der Waals surface area (Å²) in [6.07, 6.45) is 3.42. The van der Waals surface area contributed by atoms with Crippen molar-refractivity contribution in [3.05, 3.63) is 89.5 Å². The number of phenols is 1. The first kappa shape index (κ1) is 26.7. The van der Waals surface area contributed by atoms with Gasteiger partial charge in [-0.15, -0.1) is 0 Å². The normalized spacial score (nSPS) is 16.6. The molecule has 1 heterocycles. The van der Waals surface area contributed by atoms with E-state index < -0.39 is 7.14 Å². The fourth-order valence-electron chi connectivity index (χ4n) is 5.49. The van der Waals surface area contributed by atoms with E-state index in [1.807, 2.05) is 60.7 Å². The molecule has 0 aliphatic carbocycles. The van der Waals surface area contributed by atoms with E-state index in [0.717, 1.165) is 53.2 Å². The summed E-state index contributed by atoms with van der Waals surface area (Å²) in [4.78, 5) is 2.45. The van der Waals surface area contributed by atoms with Gasteiger partial charge in [-0.25, -0.2) is 0 Å². The second-order valence-corrected chi connectivity index (χ2v) is 15.1. The lowest BCUT2D eigenvalue weighted by Crippen LogP contribution is -2.38. The van der Waals surface area contributed by atoms with Gasteiger partial charge in [-0.05, 0) is 65.6 Å². The van der Waals surface area contributed by atoms with Crippen LogP contribution in [0.5, 0.6) is 5.75 Å². The van der Waals surface area contributed by atoms with Crippen molar-refractivity contribution < 1.29 is 9.67 Å². The molecule has 36 heavy (non-hydrogen) atoms. The lowest BCUT2D eigenvalue weighted by atomic mass is 9.78. The van der Waals surface area contributed by atoms with Gasteiger partial charge in [0.25, 0.3) is 0 Å². The Morgan fingerprint density at radius 3 is 1.53 bits per heavy atom. The van der Waals surface area contributed by atoms with Crippen molar-refractivity contribution in [3.63, 3.8) is 0 Å². The summed E-state index contributed by atoms with van der Waals surface area (Å²) in [7, 11) is -3.14. The summed E-state index contributed by atoms with van der Waals surface area (Å²) in [5, 5.41) is 13.2. The van der Waals surface area contributed by atoms with Gasteiger partial charge < -0.3 is 9.67 Å². The van der Waals surface area contributed by atoms with Gasteiger partial charge in [-0.1, -0.05) is 109 Å². The quantitative estimate of drug-likeness (QED) is 0.367. The number of likely N-dealkylation sites (tertiary alicyclic amines) is 1. The van der Waals surface area contributed by atoms with Crippen molar-refractivity contribution in [1.29, 1.82) is 0 Å². The predicted octanol–water partition coefficient (Wildman–Crippen LogP) is 7.49. The average molecular weight is 504 g/mol. The minimum atomic E-state index is -3.14. The van der Waals surface area contributed by atoms with Crippen LogP contribution in [0.2, 0.25) is 0 Å². The van der Waals surface area contributed by atoms with Crippen LogP contribution in [0.4, 0.5) is 0 Å². The van der Waals surface area contributed by atoms with Crippen LogP contribution in [0.1, 0.15) is 83.3 Å². The highest BCUT2D eigenvalue weighted by Gasteiger charge is 2.43. The van der Waals surface area contributed by atoms with Crippen LogP contribution in [0, 0.1) is 0 Å². The summed E-state index contributed by atoms with van der Waals surface area (Å²) in [6.45, 7) is 14.7. The van der Waals surface area contributed by atoms with Crippen LogP contribution in [-0.2, 0) is 15.4 Å². The van der Waals surface area contributed by atoms with Gasteiger partial charge in [0, 0.05) is 10.6 Å². The van der Waals surface area contributed by atoms with E-state index in [0.29, 0.717) is 5.75 Å². The number of hydrogen-bond acceptors (Lipinski definition) is 3. The molecule has 3 aromatic carbocycles. The minimum Gasteiger partial charge on any atom is -0.507 e. The van der Waals surface area contributed by atoms with Crippen molar-refractivity contribution in [2.75, 3.05) is 13.1 Å². The number of nitrogens with zero attached hydrogens (tertiary/aromatic N) is 1. The van der Waals surface area contributed by atoms with Gasteiger partial charge in [-0.3, -0.25) is 4.90 Å². The Morgan fingerprint density at radius 2 is 1.14 bits per heavy atom. The molecular weight excluding hydrogens is 461 g/mol. The van der Waals surface area contributed by atoms with Crippen LogP contribution >= 0.6 is 7.14 Å². The zero-order valence-electron chi connectivity index (χ0n) is 22.8. The molecule has 1 aliphatic rings. The summed E-state index contributed by atoms with van der Waals surface area (Å²) >= 11 is 0. The largest absolute Gasteiger partial charge is 0.507 e. The van der Waals surface area contributed by atoms with Gasteiger partial charge >= 0.3 is 0 Å². The number of piperidine rings is 1. The van der Waals surface area contributed by atoms with Gasteiger partial charge in [0.1, 0.15) is 5.75 Å². The maximum absolute atomic E-state index is 15.7. The first-order chi connectivity index (χ1) is 16.9. The molecule has 1 saturated heterocycles. The summed E-state index contributed by atoms with van der Waals surface area (Å²) in [5.74, 6) is 0.0656. The highest BCUT2D eigenvalue weighted by Crippen LogP contribution is 2.60. The number of hydrogen-bond donors (Lipinski definition) is 1. The average Bonchev–Trinajstić information content (AvgIpc) is 2.85. The first-order valence-electron chi connectivity index (χ1n) is 13.3. The van der Waals surface area contributed by atoms with Gasteiger partial charge in [-0.2, -0.15) is 0 Å². The third-order valence-electron chi connectivity index (χ3n) is 7.41. The SMILES string of the molecule is CC(C)(C)c1cc(C(N2CCCCC2)P(=O)(c2ccccc2)c2ccccc2)cc(C(C)(C)C)c1O. The fraction of sp³-hybridized carbons (Fsp3) is 0.438. The van der Waals surface area contributed by atoms with E-state index >= 15 is 4.57 Å². The van der Waals surface area contributed by atoms with E-state index in [9.17, 15) is 5.11 Å². The van der Waals surface area contributed by atoms with E-state index in [-0.39, 0.29) is 16.6 Å². The monoisotopic (exact) mass is 503 g/mol. The molecule has 4 rings (SSSR count). The Bertz CT molecular complexity index is 1140. The molecule has 0 saturated carbocycles. The van der Waals surface area contributed by atoms with Gasteiger partial charge in [0.15, 0.2) is 7.14 Å². The second-order valence-electron chi connectivity index (χ2n) is 12.3. The standard InChI is InChI=1S/C32H42NO2P/c1-31(2,3)27-22-24(23-28(29(27)34)32(4,5)6)30(33-20-14-9-15-21-33)36(35,25-16-10-7-11-17-25)26-18-12-8-13-19-26/h7-8,10-13,16-19,22-23,30,34H,9,14-15,20-21H2,1-6H3. The predicted molar refractivity (Wildman–Crippen MR) is 153 cm³/mol. The van der Waals surface area contributed by atoms with E-state index in [1.165, 1.54) is 6.42 Å². The summed E-state index contributed by atoms with van der Waals surface area (Å²) < 4.78 is 15.7. The molecule has 3 aromatic rings. The van der Waals surface area contributed by atoms with Crippen LogP contribution in [-0.4, -0.2) is 23.1 Å². The Labute approximate surface area is 217 Å². The first-order valence-corrected chi connectivity index (χ1v) is 15.0. The van der Waals surface area contributed by atoms with Crippen molar-refractivity contribution in [3.8, 4) is 5.75 Å². The zero-order valence-corrected chi connectivity index (χ0v) is 23.7. The van der Waals surface area contributed by atoms with Crippen molar-refractivity contribution in [1.82, 2.24) is 4.90 Å². The molecule has 0 aromatic heterocycles. The number of benzene rings is 3. The number of aromatic hydroxyl groups is 1. The third kappa shape index (κ3) is 5.20. The molecule has 1 N–H and O–H groups in total. The molecule has 0 radical (unpaired) electrons. The topological polar surface area (TPSA) is 40.5 Å². The highest BCUT2D eigenvalue weighted by atomic mass is 31.2. The van der Waals surface area contributed by atoms with E-state index in [2.05, 4.69) is 58.6 Å². The Morgan fingerprint density at radius 1 is 0.722 bits per heavy atom. The van der Waals surface area contributed by atoms with E-state index in [1.54, 1.807) is 0 Å². The highest BCUT2D eigenvalue weighted by molar-refractivity contribution is 7.78. The smallest absolute Gasteiger partial charge is 0.163 e. The maximum atomic E-state index is 15.7. The number of phenolic OH excluding ortho intramolecular Hbond substituents is 1. The van der Waals surface area contributed by atoms with Crippen molar-refractivity contribution in [2.24, 2.45) is 0 Å². The van der Waals surface area contributed by atoms with Crippen LogP contribution in [0.15, 0.2) is 72.8 Å². The maximum Gasteiger partial charge on any atom is 0.163 e. The zero-order chi connectivity index (χ0) is 26.1. The molecule has 0 amide bonds. The third-order valence-corrected chi connectivity index (χ3v) is 10.9. The van der Waals surface area contributed by atoms with Crippen LogP contribution in [0.3, 0.4) is 0 Å². The van der Waals surface area contributed by atoms with E-state index in [4.69, 9.17) is 0 Å². The second kappa shape index (κ2) is 10.2. The molecule has 0 spiro atoms. The Kier molecular flexibility index (Phi) is 7.56. The summed E-state index contributed by atoms with van der Waals surface area (Å²) in [6, 6.07) is 24.4. The molecule has 3 nitrogen and oxygen atoms in total. The fourth-order valence-corrected chi connectivity index (χ4v) is 8.85. The molecule has 192 valence electrons. The number of rotatable bonds is 5. The molecule has 0 bridgehead atoms. The Balaban J connectivity index is 2.07. The molecule has 1 aliphatic heterocycles. The lowest BCUT2D eigenvalue weighted by molar-refractivity contribution is 0.208. The van der Waals surface area contributed by atoms with Crippen LogP contribution in [0.25, 0.3) is 0 Å². The van der Waals surface area contributed by atoms with Crippen LogP contribution < -0.4 is 10.6 Å². The molecule has 1 unspecified atom stereocenters.